The lowest BCUT2D eigenvalue weighted by molar-refractivity contribution is -0.137. The minimum atomic E-state index is -4.46. The molecule has 1 amide bonds. The van der Waals surface area contributed by atoms with E-state index in [9.17, 15) is 22.4 Å². The Morgan fingerprint density at radius 2 is 1.92 bits per heavy atom. The van der Waals surface area contributed by atoms with Crippen molar-refractivity contribution in [3.05, 3.63) is 64.4 Å². The first kappa shape index (κ1) is 17.1. The largest absolute Gasteiger partial charge is 0.416 e. The number of alkyl halides is 3. The van der Waals surface area contributed by atoms with Gasteiger partial charge >= 0.3 is 6.18 Å². The van der Waals surface area contributed by atoms with Gasteiger partial charge in [-0.05, 0) is 35.9 Å². The first-order valence-corrected chi connectivity index (χ1v) is 8.26. The van der Waals surface area contributed by atoms with Crippen LogP contribution in [0.1, 0.15) is 16.5 Å². The molecule has 126 valence electrons. The second kappa shape index (κ2) is 6.29. The Bertz CT molecular complexity index is 796. The number of rotatable bonds is 2. The first-order valence-electron chi connectivity index (χ1n) is 6.83. The van der Waals surface area contributed by atoms with Crippen molar-refractivity contribution < 1.29 is 22.4 Å². The Hall–Kier alpha value is -1.73. The van der Waals surface area contributed by atoms with Gasteiger partial charge in [0.1, 0.15) is 11.2 Å². The zero-order valence-corrected chi connectivity index (χ0v) is 13.6. The fourth-order valence-electron chi connectivity index (χ4n) is 2.45. The van der Waals surface area contributed by atoms with Crippen molar-refractivity contribution in [1.29, 1.82) is 0 Å². The van der Waals surface area contributed by atoms with Gasteiger partial charge in [0.05, 0.1) is 16.3 Å². The highest BCUT2D eigenvalue weighted by Crippen LogP contribution is 2.43. The summed E-state index contributed by atoms with van der Waals surface area (Å²) in [5.41, 5.74) is -0.0861. The average Bonchev–Trinajstić information content (AvgIpc) is 2.91. The Kier molecular flexibility index (Phi) is 4.48. The Balaban J connectivity index is 2.01. The molecule has 2 nitrogen and oxygen atoms in total. The van der Waals surface area contributed by atoms with Crippen LogP contribution in [0, 0.1) is 5.82 Å². The molecule has 1 aliphatic heterocycles. The number of carbonyl (C=O) groups excluding carboxylic acids is 1. The third-order valence-electron chi connectivity index (χ3n) is 3.55. The van der Waals surface area contributed by atoms with Crippen LogP contribution >= 0.6 is 23.4 Å². The number of nitrogens with zero attached hydrogens (tertiary/aromatic N) is 1. The standard InChI is InChI=1S/C16H10ClF4NOS/c17-12-7-11(4-5-13(12)18)22-14(23)8-24-15(22)9-2-1-3-10(6-9)16(19,20)21/h1-7,15H,8H2/t15-/m1/s1. The summed E-state index contributed by atoms with van der Waals surface area (Å²) in [5.74, 6) is -0.781. The lowest BCUT2D eigenvalue weighted by Gasteiger charge is -2.25. The van der Waals surface area contributed by atoms with Gasteiger partial charge in [-0.3, -0.25) is 9.69 Å². The van der Waals surface area contributed by atoms with Crippen molar-refractivity contribution in [1.82, 2.24) is 0 Å². The molecular formula is C16H10ClF4NOS. The summed E-state index contributed by atoms with van der Waals surface area (Å²) < 4.78 is 52.0. The second-order valence-corrected chi connectivity index (χ2v) is 6.62. The van der Waals surface area contributed by atoms with Crippen LogP contribution in [0.4, 0.5) is 23.2 Å². The molecule has 0 saturated carbocycles. The molecule has 0 spiro atoms. The minimum Gasteiger partial charge on any atom is -0.295 e. The van der Waals surface area contributed by atoms with E-state index in [-0.39, 0.29) is 16.7 Å². The maximum absolute atomic E-state index is 13.3. The van der Waals surface area contributed by atoms with E-state index in [2.05, 4.69) is 0 Å². The summed E-state index contributed by atoms with van der Waals surface area (Å²) in [6, 6.07) is 8.63. The quantitative estimate of drug-likeness (QED) is 0.666. The molecular weight excluding hydrogens is 366 g/mol. The van der Waals surface area contributed by atoms with Gasteiger partial charge in [0.15, 0.2) is 0 Å². The zero-order chi connectivity index (χ0) is 17.5. The molecule has 1 saturated heterocycles. The summed E-state index contributed by atoms with van der Waals surface area (Å²) in [5, 5.41) is -0.777. The van der Waals surface area contributed by atoms with Crippen LogP contribution in [-0.2, 0) is 11.0 Å². The number of hydrogen-bond donors (Lipinski definition) is 0. The highest BCUT2D eigenvalue weighted by atomic mass is 35.5. The molecule has 0 aromatic heterocycles. The van der Waals surface area contributed by atoms with Crippen LogP contribution in [0.15, 0.2) is 42.5 Å². The Morgan fingerprint density at radius 3 is 2.58 bits per heavy atom. The maximum Gasteiger partial charge on any atom is 0.416 e. The van der Waals surface area contributed by atoms with Crippen LogP contribution in [0.2, 0.25) is 5.02 Å². The zero-order valence-electron chi connectivity index (χ0n) is 12.0. The molecule has 8 heteroatoms. The summed E-state index contributed by atoms with van der Waals surface area (Å²) in [6.07, 6.45) is -4.46. The van der Waals surface area contributed by atoms with Crippen molar-refractivity contribution in [3.63, 3.8) is 0 Å². The van der Waals surface area contributed by atoms with E-state index in [1.807, 2.05) is 0 Å². The topological polar surface area (TPSA) is 20.3 Å². The van der Waals surface area contributed by atoms with Gasteiger partial charge in [-0.1, -0.05) is 23.7 Å². The molecule has 2 aromatic rings. The van der Waals surface area contributed by atoms with Crippen LogP contribution in [0.25, 0.3) is 0 Å². The van der Waals surface area contributed by atoms with Gasteiger partial charge in [0, 0.05) is 5.69 Å². The fraction of sp³-hybridized carbons (Fsp3) is 0.188. The minimum absolute atomic E-state index is 0.121. The first-order chi connectivity index (χ1) is 11.3. The van der Waals surface area contributed by atoms with E-state index in [0.717, 1.165) is 18.2 Å². The third kappa shape index (κ3) is 3.23. The molecule has 0 bridgehead atoms. The number of benzene rings is 2. The Labute approximate surface area is 144 Å². The van der Waals surface area contributed by atoms with Crippen molar-refractivity contribution in [2.75, 3.05) is 10.7 Å². The van der Waals surface area contributed by atoms with Crippen LogP contribution in [-0.4, -0.2) is 11.7 Å². The Morgan fingerprint density at radius 1 is 1.17 bits per heavy atom. The lowest BCUT2D eigenvalue weighted by atomic mass is 10.1. The summed E-state index contributed by atoms with van der Waals surface area (Å²) in [4.78, 5) is 13.5. The van der Waals surface area contributed by atoms with Gasteiger partial charge in [0.2, 0.25) is 5.91 Å². The van der Waals surface area contributed by atoms with Crippen molar-refractivity contribution in [3.8, 4) is 0 Å². The van der Waals surface area contributed by atoms with E-state index in [1.165, 1.54) is 40.9 Å². The van der Waals surface area contributed by atoms with E-state index in [4.69, 9.17) is 11.6 Å². The van der Waals surface area contributed by atoms with Gasteiger partial charge in [-0.25, -0.2) is 4.39 Å². The summed E-state index contributed by atoms with van der Waals surface area (Å²) in [6.45, 7) is 0. The second-order valence-electron chi connectivity index (χ2n) is 5.15. The molecule has 1 aliphatic rings. The molecule has 0 radical (unpaired) electrons. The van der Waals surface area contributed by atoms with Gasteiger partial charge in [-0.15, -0.1) is 11.8 Å². The van der Waals surface area contributed by atoms with E-state index < -0.39 is 22.9 Å². The number of carbonyl (C=O) groups is 1. The highest BCUT2D eigenvalue weighted by molar-refractivity contribution is 8.00. The van der Waals surface area contributed by atoms with E-state index >= 15 is 0 Å². The molecule has 24 heavy (non-hydrogen) atoms. The molecule has 2 aromatic carbocycles. The normalized spacial score (nSPS) is 18.3. The van der Waals surface area contributed by atoms with Crippen molar-refractivity contribution >= 4 is 35.0 Å². The molecule has 0 N–H and O–H groups in total. The predicted octanol–water partition coefficient (Wildman–Crippen LogP) is 5.28. The van der Waals surface area contributed by atoms with Crippen molar-refractivity contribution in [2.45, 2.75) is 11.6 Å². The third-order valence-corrected chi connectivity index (χ3v) is 5.05. The van der Waals surface area contributed by atoms with Gasteiger partial charge < -0.3 is 0 Å². The molecule has 1 fully saturated rings. The van der Waals surface area contributed by atoms with E-state index in [1.54, 1.807) is 0 Å². The lowest BCUT2D eigenvalue weighted by Crippen LogP contribution is -2.28. The van der Waals surface area contributed by atoms with Crippen LogP contribution < -0.4 is 4.90 Å². The molecule has 1 atom stereocenters. The number of halogens is 5. The van der Waals surface area contributed by atoms with Gasteiger partial charge in [-0.2, -0.15) is 13.2 Å². The average molecular weight is 376 g/mol. The molecule has 1 heterocycles. The number of hydrogen-bond acceptors (Lipinski definition) is 2. The molecule has 0 aliphatic carbocycles. The number of anilines is 1. The predicted molar refractivity (Wildman–Crippen MR) is 85.5 cm³/mol. The fourth-order valence-corrected chi connectivity index (χ4v) is 3.79. The number of thioether (sulfide) groups is 1. The number of amides is 1. The molecule has 3 rings (SSSR count). The van der Waals surface area contributed by atoms with Gasteiger partial charge in [0.25, 0.3) is 0 Å². The highest BCUT2D eigenvalue weighted by Gasteiger charge is 2.36. The van der Waals surface area contributed by atoms with E-state index in [0.29, 0.717) is 11.3 Å². The smallest absolute Gasteiger partial charge is 0.295 e. The van der Waals surface area contributed by atoms with Crippen LogP contribution in [0.3, 0.4) is 0 Å². The maximum atomic E-state index is 13.3. The van der Waals surface area contributed by atoms with Crippen molar-refractivity contribution in [2.24, 2.45) is 0 Å². The monoisotopic (exact) mass is 375 g/mol. The van der Waals surface area contributed by atoms with Crippen LogP contribution in [0.5, 0.6) is 0 Å². The SMILES string of the molecule is O=C1CS[C@H](c2cccc(C(F)(F)F)c2)N1c1ccc(F)c(Cl)c1. The summed E-state index contributed by atoms with van der Waals surface area (Å²) in [7, 11) is 0. The molecule has 0 unspecified atom stereocenters. The summed E-state index contributed by atoms with van der Waals surface area (Å²) >= 11 is 6.96.